The molecule has 23 heavy (non-hydrogen) atoms. The Morgan fingerprint density at radius 1 is 1.22 bits per heavy atom. The van der Waals surface area contributed by atoms with Gasteiger partial charge in [-0.25, -0.2) is 8.42 Å². The second kappa shape index (κ2) is 6.48. The molecule has 1 N–H and O–H groups in total. The quantitative estimate of drug-likeness (QED) is 0.906. The number of carbonyl (C=O) groups is 1. The fraction of sp³-hybridized carbons (Fsp3) is 0.500. The summed E-state index contributed by atoms with van der Waals surface area (Å²) in [5.41, 5.74) is -1.78. The maximum atomic E-state index is 12.6. The predicted octanol–water partition coefficient (Wildman–Crippen LogP) is 2.70. The van der Waals surface area contributed by atoms with Crippen molar-refractivity contribution in [2.45, 2.75) is 32.5 Å². The molecular formula is C14H19F3N2O3S. The molecule has 0 heterocycles. The molecule has 0 aliphatic carbocycles. The Labute approximate surface area is 133 Å². The molecule has 0 aromatic heterocycles. The molecule has 0 bridgehead atoms. The molecule has 130 valence electrons. The number of hydrogen-bond acceptors (Lipinski definition) is 3. The summed E-state index contributed by atoms with van der Waals surface area (Å²) < 4.78 is 62.4. The van der Waals surface area contributed by atoms with Crippen LogP contribution in [-0.4, -0.2) is 37.0 Å². The van der Waals surface area contributed by atoms with Crippen LogP contribution in [0.5, 0.6) is 0 Å². The minimum atomic E-state index is -4.52. The van der Waals surface area contributed by atoms with E-state index in [1.54, 1.807) is 20.8 Å². The number of benzene rings is 1. The smallest absolute Gasteiger partial charge is 0.325 e. The summed E-state index contributed by atoms with van der Waals surface area (Å²) in [7, 11) is -3.65. The monoisotopic (exact) mass is 352 g/mol. The van der Waals surface area contributed by atoms with Gasteiger partial charge < -0.3 is 5.32 Å². The Morgan fingerprint density at radius 2 is 1.78 bits per heavy atom. The normalized spacial score (nSPS) is 13.2. The third kappa shape index (κ3) is 5.83. The first-order valence-corrected chi connectivity index (χ1v) is 8.51. The van der Waals surface area contributed by atoms with E-state index in [4.69, 9.17) is 0 Å². The van der Waals surface area contributed by atoms with Crippen molar-refractivity contribution in [3.8, 4) is 0 Å². The number of nitrogens with zero attached hydrogens (tertiary/aromatic N) is 1. The first-order chi connectivity index (χ1) is 10.2. The summed E-state index contributed by atoms with van der Waals surface area (Å²) in [6, 6.07) is 4.14. The third-order valence-corrected chi connectivity index (χ3v) is 4.39. The number of halogens is 3. The van der Waals surface area contributed by atoms with Gasteiger partial charge in [0.15, 0.2) is 0 Å². The third-order valence-electron chi connectivity index (χ3n) is 2.91. The van der Waals surface area contributed by atoms with Gasteiger partial charge in [0.25, 0.3) is 0 Å². The van der Waals surface area contributed by atoms with Gasteiger partial charge >= 0.3 is 6.18 Å². The van der Waals surface area contributed by atoms with E-state index in [2.05, 4.69) is 5.32 Å². The highest BCUT2D eigenvalue weighted by atomic mass is 32.2. The average Bonchev–Trinajstić information content (AvgIpc) is 2.32. The number of anilines is 1. The van der Waals surface area contributed by atoms with Crippen LogP contribution in [0.4, 0.5) is 18.9 Å². The molecule has 0 saturated heterocycles. The minimum absolute atomic E-state index is 0.0489. The molecule has 0 fully saturated rings. The van der Waals surface area contributed by atoms with Crippen LogP contribution in [0.2, 0.25) is 0 Å². The molecule has 0 radical (unpaired) electrons. The lowest BCUT2D eigenvalue weighted by Gasteiger charge is -2.32. The largest absolute Gasteiger partial charge is 0.416 e. The van der Waals surface area contributed by atoms with E-state index in [9.17, 15) is 26.4 Å². The van der Waals surface area contributed by atoms with E-state index in [1.165, 1.54) is 6.07 Å². The highest BCUT2D eigenvalue weighted by molar-refractivity contribution is 7.88. The number of carbonyl (C=O) groups excluding carboxylic acids is 1. The number of amides is 1. The Morgan fingerprint density at radius 3 is 2.22 bits per heavy atom. The van der Waals surface area contributed by atoms with E-state index >= 15 is 0 Å². The Bertz CT molecular complexity index is 679. The van der Waals surface area contributed by atoms with Gasteiger partial charge in [0, 0.05) is 11.2 Å². The van der Waals surface area contributed by atoms with Crippen molar-refractivity contribution in [1.82, 2.24) is 4.31 Å². The second-order valence-corrected chi connectivity index (χ2v) is 7.97. The van der Waals surface area contributed by atoms with Gasteiger partial charge in [-0.3, -0.25) is 4.79 Å². The van der Waals surface area contributed by atoms with Crippen molar-refractivity contribution in [2.24, 2.45) is 0 Å². The molecular weight excluding hydrogens is 333 g/mol. The lowest BCUT2D eigenvalue weighted by molar-refractivity contribution is -0.137. The molecule has 1 amide bonds. The standard InChI is InChI=1S/C14H19F3N2O3S/c1-13(2,3)19(23(4,21)22)9-12(20)18-11-7-5-6-10(8-11)14(15,16)17/h5-8H,9H2,1-4H3,(H,18,20). The van der Waals surface area contributed by atoms with Crippen LogP contribution in [0.1, 0.15) is 26.3 Å². The molecule has 5 nitrogen and oxygen atoms in total. The molecule has 0 aliphatic rings. The van der Waals surface area contributed by atoms with E-state index in [0.717, 1.165) is 28.8 Å². The number of hydrogen-bond donors (Lipinski definition) is 1. The number of rotatable bonds is 4. The molecule has 9 heteroatoms. The lowest BCUT2D eigenvalue weighted by Crippen LogP contribution is -2.48. The molecule has 1 rings (SSSR count). The van der Waals surface area contributed by atoms with Crippen molar-refractivity contribution in [3.63, 3.8) is 0 Å². The molecule has 0 spiro atoms. The van der Waals surface area contributed by atoms with Gasteiger partial charge in [-0.1, -0.05) is 6.07 Å². The van der Waals surface area contributed by atoms with Crippen molar-refractivity contribution >= 4 is 21.6 Å². The van der Waals surface area contributed by atoms with Crippen LogP contribution < -0.4 is 5.32 Å². The van der Waals surface area contributed by atoms with E-state index in [0.29, 0.717) is 0 Å². The zero-order valence-electron chi connectivity index (χ0n) is 13.2. The molecule has 0 aliphatic heterocycles. The topological polar surface area (TPSA) is 66.5 Å². The Kier molecular flexibility index (Phi) is 5.48. The molecule has 0 atom stereocenters. The average molecular weight is 352 g/mol. The molecule has 1 aromatic carbocycles. The number of alkyl halides is 3. The van der Waals surface area contributed by atoms with Crippen molar-refractivity contribution in [1.29, 1.82) is 0 Å². The van der Waals surface area contributed by atoms with Crippen molar-refractivity contribution in [2.75, 3.05) is 18.1 Å². The molecule has 1 aromatic rings. The van der Waals surface area contributed by atoms with Crippen LogP contribution in [0, 0.1) is 0 Å². The Hall–Kier alpha value is -1.61. The summed E-state index contributed by atoms with van der Waals surface area (Å²) in [4.78, 5) is 12.0. The maximum Gasteiger partial charge on any atom is 0.416 e. The highest BCUT2D eigenvalue weighted by Crippen LogP contribution is 2.30. The minimum Gasteiger partial charge on any atom is -0.325 e. The van der Waals surface area contributed by atoms with Gasteiger partial charge in [0.2, 0.25) is 15.9 Å². The fourth-order valence-electron chi connectivity index (χ4n) is 1.96. The second-order valence-electron chi connectivity index (χ2n) is 6.07. The number of sulfonamides is 1. The van der Waals surface area contributed by atoms with Gasteiger partial charge in [0.1, 0.15) is 0 Å². The highest BCUT2D eigenvalue weighted by Gasteiger charge is 2.32. The maximum absolute atomic E-state index is 12.6. The SMILES string of the molecule is CC(C)(C)N(CC(=O)Nc1cccc(C(F)(F)F)c1)S(C)(=O)=O. The van der Waals surface area contributed by atoms with Gasteiger partial charge in [-0.05, 0) is 39.0 Å². The predicted molar refractivity (Wildman–Crippen MR) is 81.4 cm³/mol. The number of nitrogens with one attached hydrogen (secondary N) is 1. The molecule has 0 saturated carbocycles. The van der Waals surface area contributed by atoms with Crippen molar-refractivity contribution < 1.29 is 26.4 Å². The fourth-order valence-corrected chi connectivity index (χ4v) is 3.30. The van der Waals surface area contributed by atoms with Crippen LogP contribution in [0.25, 0.3) is 0 Å². The van der Waals surface area contributed by atoms with Crippen LogP contribution in [0.15, 0.2) is 24.3 Å². The summed E-state index contributed by atoms with van der Waals surface area (Å²) in [6.07, 6.45) is -3.55. The van der Waals surface area contributed by atoms with E-state index in [1.807, 2.05) is 0 Å². The van der Waals surface area contributed by atoms with Crippen LogP contribution >= 0.6 is 0 Å². The zero-order chi connectivity index (χ0) is 18.1. The van der Waals surface area contributed by atoms with Gasteiger partial charge in [-0.15, -0.1) is 0 Å². The molecule has 0 unspecified atom stereocenters. The van der Waals surface area contributed by atoms with Crippen LogP contribution in [-0.2, 0) is 21.0 Å². The summed E-state index contributed by atoms with van der Waals surface area (Å²) >= 11 is 0. The lowest BCUT2D eigenvalue weighted by atomic mass is 10.1. The first kappa shape index (κ1) is 19.4. The summed E-state index contributed by atoms with van der Waals surface area (Å²) in [5.74, 6) is -0.718. The van der Waals surface area contributed by atoms with Crippen molar-refractivity contribution in [3.05, 3.63) is 29.8 Å². The summed E-state index contributed by atoms with van der Waals surface area (Å²) in [6.45, 7) is 4.36. The summed E-state index contributed by atoms with van der Waals surface area (Å²) in [5, 5.41) is 2.28. The van der Waals surface area contributed by atoms with Gasteiger partial charge in [-0.2, -0.15) is 17.5 Å². The van der Waals surface area contributed by atoms with E-state index in [-0.39, 0.29) is 5.69 Å². The zero-order valence-corrected chi connectivity index (χ0v) is 14.0. The Balaban J connectivity index is 2.92. The van der Waals surface area contributed by atoms with Crippen LogP contribution in [0.3, 0.4) is 0 Å². The van der Waals surface area contributed by atoms with Gasteiger partial charge in [0.05, 0.1) is 18.4 Å². The first-order valence-electron chi connectivity index (χ1n) is 6.66. The van der Waals surface area contributed by atoms with E-state index < -0.39 is 39.8 Å².